The molecule has 0 bridgehead atoms. The number of carbonyl (C=O) groups excluding carboxylic acids is 4. The molecule has 0 aromatic heterocycles. The van der Waals surface area contributed by atoms with E-state index in [2.05, 4.69) is 36.8 Å². The van der Waals surface area contributed by atoms with E-state index in [0.717, 1.165) is 16.9 Å². The lowest BCUT2D eigenvalue weighted by Crippen LogP contribution is -2.44. The summed E-state index contributed by atoms with van der Waals surface area (Å²) < 4.78 is 11.2. The van der Waals surface area contributed by atoms with Gasteiger partial charge in [-0.3, -0.25) is 30.0 Å². The molecular weight excluding hydrogens is 534 g/mol. The van der Waals surface area contributed by atoms with Gasteiger partial charge in [0.05, 0.1) is 16.5 Å². The van der Waals surface area contributed by atoms with Crippen LogP contribution in [0.15, 0.2) is 66.7 Å². The molecule has 1 aliphatic heterocycles. The van der Waals surface area contributed by atoms with Gasteiger partial charge in [-0.25, -0.2) is 0 Å². The molecule has 0 spiro atoms. The van der Waals surface area contributed by atoms with Crippen LogP contribution in [0.3, 0.4) is 0 Å². The van der Waals surface area contributed by atoms with E-state index in [9.17, 15) is 19.2 Å². The third kappa shape index (κ3) is 6.98. The van der Waals surface area contributed by atoms with Gasteiger partial charge in [0.2, 0.25) is 5.91 Å². The van der Waals surface area contributed by atoms with Crippen molar-refractivity contribution in [1.29, 1.82) is 0 Å². The molecule has 3 aromatic carbocycles. The molecule has 0 unspecified atom stereocenters. The van der Waals surface area contributed by atoms with Crippen molar-refractivity contribution in [3.63, 3.8) is 0 Å². The SMILES string of the molecule is Cc1ccc(C(C)C)c(Oc2ccc(N3C[C@@H](C(=O)OCC(=O)NNC(=O)c4ccccc4Cl)CC3=O)cc2)c1. The summed E-state index contributed by atoms with van der Waals surface area (Å²) in [6.45, 7) is 5.72. The lowest BCUT2D eigenvalue weighted by atomic mass is 10.0. The fourth-order valence-electron chi connectivity index (χ4n) is 4.27. The topological polar surface area (TPSA) is 114 Å². The second-order valence-corrected chi connectivity index (χ2v) is 10.2. The van der Waals surface area contributed by atoms with E-state index in [1.54, 1.807) is 42.5 Å². The first kappa shape index (κ1) is 28.6. The quantitative estimate of drug-likeness (QED) is 0.297. The smallest absolute Gasteiger partial charge is 0.311 e. The summed E-state index contributed by atoms with van der Waals surface area (Å²) >= 11 is 5.96. The zero-order valence-corrected chi connectivity index (χ0v) is 23.2. The highest BCUT2D eigenvalue weighted by atomic mass is 35.5. The normalized spacial score (nSPS) is 14.7. The summed E-state index contributed by atoms with van der Waals surface area (Å²) in [7, 11) is 0. The number of hydrogen-bond donors (Lipinski definition) is 2. The molecule has 1 heterocycles. The van der Waals surface area contributed by atoms with Crippen molar-refractivity contribution in [3.05, 3.63) is 88.4 Å². The molecule has 3 aromatic rings. The fourth-order valence-corrected chi connectivity index (χ4v) is 4.49. The Morgan fingerprint density at radius 2 is 1.75 bits per heavy atom. The molecule has 3 amide bonds. The molecule has 0 saturated carbocycles. The second kappa shape index (κ2) is 12.7. The van der Waals surface area contributed by atoms with E-state index in [4.69, 9.17) is 21.1 Å². The third-order valence-corrected chi connectivity index (χ3v) is 6.73. The minimum Gasteiger partial charge on any atom is -0.457 e. The number of anilines is 1. The Morgan fingerprint density at radius 3 is 2.45 bits per heavy atom. The van der Waals surface area contributed by atoms with Crippen molar-refractivity contribution in [2.24, 2.45) is 5.92 Å². The van der Waals surface area contributed by atoms with Gasteiger partial charge >= 0.3 is 5.97 Å². The van der Waals surface area contributed by atoms with E-state index in [-0.39, 0.29) is 29.5 Å². The highest BCUT2D eigenvalue weighted by Gasteiger charge is 2.36. The lowest BCUT2D eigenvalue weighted by molar-refractivity contribution is -0.152. The molecule has 1 aliphatic rings. The van der Waals surface area contributed by atoms with Crippen molar-refractivity contribution in [2.45, 2.75) is 33.1 Å². The van der Waals surface area contributed by atoms with Crippen molar-refractivity contribution in [1.82, 2.24) is 10.9 Å². The summed E-state index contributed by atoms with van der Waals surface area (Å²) in [5.74, 6) is -1.27. The van der Waals surface area contributed by atoms with Crippen LogP contribution in [0.1, 0.15) is 47.7 Å². The van der Waals surface area contributed by atoms with E-state index in [1.165, 1.54) is 11.0 Å². The summed E-state index contributed by atoms with van der Waals surface area (Å²) in [4.78, 5) is 50.9. The zero-order chi connectivity index (χ0) is 28.8. The number of halogens is 1. The van der Waals surface area contributed by atoms with E-state index in [0.29, 0.717) is 17.4 Å². The molecule has 1 atom stereocenters. The first-order valence-electron chi connectivity index (χ1n) is 12.8. The van der Waals surface area contributed by atoms with Crippen molar-refractivity contribution in [2.75, 3.05) is 18.1 Å². The van der Waals surface area contributed by atoms with E-state index in [1.807, 2.05) is 13.0 Å². The molecule has 1 saturated heterocycles. The van der Waals surface area contributed by atoms with Crippen molar-refractivity contribution >= 4 is 41.0 Å². The van der Waals surface area contributed by atoms with Crippen LogP contribution in [-0.4, -0.2) is 36.8 Å². The number of hydrogen-bond acceptors (Lipinski definition) is 6. The number of nitrogens with one attached hydrogen (secondary N) is 2. The fraction of sp³-hybridized carbons (Fsp3) is 0.267. The number of esters is 1. The highest BCUT2D eigenvalue weighted by molar-refractivity contribution is 6.33. The largest absolute Gasteiger partial charge is 0.457 e. The van der Waals surface area contributed by atoms with Gasteiger partial charge < -0.3 is 14.4 Å². The van der Waals surface area contributed by atoms with Gasteiger partial charge in [0, 0.05) is 18.7 Å². The number of rotatable bonds is 8. The minimum atomic E-state index is -0.736. The Kier molecular flexibility index (Phi) is 9.06. The Bertz CT molecular complexity index is 1420. The minimum absolute atomic E-state index is 0.0387. The summed E-state index contributed by atoms with van der Waals surface area (Å²) in [5, 5.41) is 0.227. The number of benzene rings is 3. The summed E-state index contributed by atoms with van der Waals surface area (Å²) in [6.07, 6.45) is -0.0387. The Hall–Kier alpha value is -4.37. The van der Waals surface area contributed by atoms with E-state index >= 15 is 0 Å². The molecule has 0 aliphatic carbocycles. The Morgan fingerprint density at radius 1 is 1.02 bits per heavy atom. The molecule has 2 N–H and O–H groups in total. The number of nitrogens with zero attached hydrogens (tertiary/aromatic N) is 1. The lowest BCUT2D eigenvalue weighted by Gasteiger charge is -2.18. The third-order valence-electron chi connectivity index (χ3n) is 6.41. The summed E-state index contributed by atoms with van der Waals surface area (Å²) in [5.41, 5.74) is 7.38. The van der Waals surface area contributed by atoms with Gasteiger partial charge in [0.25, 0.3) is 11.8 Å². The number of hydrazine groups is 1. The first-order chi connectivity index (χ1) is 19.1. The average molecular weight is 564 g/mol. The first-order valence-corrected chi connectivity index (χ1v) is 13.2. The maximum absolute atomic E-state index is 12.6. The van der Waals surface area contributed by atoms with Crippen LogP contribution in [-0.2, 0) is 19.1 Å². The van der Waals surface area contributed by atoms with Gasteiger partial charge in [0.15, 0.2) is 6.61 Å². The predicted molar refractivity (Wildman–Crippen MR) is 150 cm³/mol. The summed E-state index contributed by atoms with van der Waals surface area (Å²) in [6, 6.07) is 19.5. The standard InChI is InChI=1S/C30H30ClN3O6/c1-18(2)23-13-8-19(3)14-26(23)40-22-11-9-21(10-12-22)34-16-20(15-28(34)36)30(38)39-17-27(35)32-33-29(37)24-6-4-5-7-25(24)31/h4-14,18,20H,15-17H2,1-3H3,(H,32,35)(H,33,37)/t20-/m0/s1. The van der Waals surface area contributed by atoms with Gasteiger partial charge in [-0.2, -0.15) is 0 Å². The number of amides is 3. The molecular formula is C30H30ClN3O6. The Labute approximate surface area is 237 Å². The van der Waals surface area contributed by atoms with Gasteiger partial charge in [-0.1, -0.05) is 49.7 Å². The van der Waals surface area contributed by atoms with Crippen molar-refractivity contribution < 1.29 is 28.7 Å². The monoisotopic (exact) mass is 563 g/mol. The van der Waals surface area contributed by atoms with Crippen LogP contribution >= 0.6 is 11.6 Å². The van der Waals surface area contributed by atoms with Crippen LogP contribution in [0.25, 0.3) is 0 Å². The number of aryl methyl sites for hydroxylation is 1. The maximum atomic E-state index is 12.6. The van der Waals surface area contributed by atoms with Crippen LogP contribution in [0.5, 0.6) is 11.5 Å². The van der Waals surface area contributed by atoms with Crippen LogP contribution < -0.4 is 20.5 Å². The zero-order valence-electron chi connectivity index (χ0n) is 22.4. The molecule has 4 rings (SSSR count). The maximum Gasteiger partial charge on any atom is 0.311 e. The molecule has 9 nitrogen and oxygen atoms in total. The van der Waals surface area contributed by atoms with E-state index < -0.39 is 30.3 Å². The van der Waals surface area contributed by atoms with Crippen LogP contribution in [0.2, 0.25) is 5.02 Å². The molecule has 10 heteroatoms. The average Bonchev–Trinajstić information content (AvgIpc) is 3.32. The van der Waals surface area contributed by atoms with Crippen LogP contribution in [0.4, 0.5) is 5.69 Å². The Balaban J connectivity index is 1.28. The van der Waals surface area contributed by atoms with Gasteiger partial charge in [0.1, 0.15) is 11.5 Å². The van der Waals surface area contributed by atoms with Gasteiger partial charge in [-0.05, 0) is 66.4 Å². The number of ether oxygens (including phenoxy) is 2. The molecule has 40 heavy (non-hydrogen) atoms. The number of carbonyl (C=O) groups is 4. The van der Waals surface area contributed by atoms with Gasteiger partial charge in [-0.15, -0.1) is 0 Å². The molecule has 0 radical (unpaired) electrons. The predicted octanol–water partition coefficient (Wildman–Crippen LogP) is 4.92. The molecule has 1 fully saturated rings. The highest BCUT2D eigenvalue weighted by Crippen LogP contribution is 2.33. The molecule has 208 valence electrons. The van der Waals surface area contributed by atoms with Crippen molar-refractivity contribution in [3.8, 4) is 11.5 Å². The second-order valence-electron chi connectivity index (χ2n) is 9.79. The van der Waals surface area contributed by atoms with Crippen LogP contribution in [0, 0.1) is 12.8 Å².